The Kier molecular flexibility index (Phi) is 4.27. The number of carboxylic acid groups (broad SMARTS) is 1. The van der Waals surface area contributed by atoms with Gasteiger partial charge in [-0.05, 0) is 19.1 Å². The second kappa shape index (κ2) is 6.12. The van der Waals surface area contributed by atoms with Gasteiger partial charge in [-0.15, -0.1) is 0 Å². The van der Waals surface area contributed by atoms with Gasteiger partial charge in [-0.1, -0.05) is 0 Å². The minimum atomic E-state index is -1.12. The topological polar surface area (TPSA) is 112 Å². The van der Waals surface area contributed by atoms with Gasteiger partial charge >= 0.3 is 12.0 Å². The molecular weight excluding hydrogens is 274 g/mol. The molecule has 8 heteroatoms. The maximum Gasteiger partial charge on any atom is 0.354 e. The lowest BCUT2D eigenvalue weighted by molar-refractivity contribution is 0.0692. The number of nitrogens with one attached hydrogen (secondary N) is 3. The molecule has 2 heterocycles. The van der Waals surface area contributed by atoms with Gasteiger partial charge in [0.1, 0.15) is 5.69 Å². The fourth-order valence-corrected chi connectivity index (χ4v) is 1.97. The van der Waals surface area contributed by atoms with E-state index >= 15 is 0 Å². The monoisotopic (exact) mass is 291 g/mol. The van der Waals surface area contributed by atoms with Gasteiger partial charge in [-0.2, -0.15) is 5.10 Å². The molecule has 21 heavy (non-hydrogen) atoms. The molecule has 0 aliphatic rings. The Balaban J connectivity index is 1.87. The predicted octanol–water partition coefficient (Wildman–Crippen LogP) is 1.12. The van der Waals surface area contributed by atoms with Gasteiger partial charge in [0.25, 0.3) is 0 Å². The highest BCUT2D eigenvalue weighted by atomic mass is 16.4. The molecule has 0 aliphatic carbocycles. The Morgan fingerprint density at radius 2 is 2.24 bits per heavy atom. The van der Waals surface area contributed by atoms with Crippen LogP contribution in [0.25, 0.3) is 0 Å². The van der Waals surface area contributed by atoms with Crippen molar-refractivity contribution in [3.8, 4) is 0 Å². The van der Waals surface area contributed by atoms with Gasteiger partial charge in [-0.3, -0.25) is 4.68 Å². The summed E-state index contributed by atoms with van der Waals surface area (Å²) in [5, 5.41) is 18.2. The highest BCUT2D eigenvalue weighted by Gasteiger charge is 2.15. The van der Waals surface area contributed by atoms with E-state index in [0.717, 1.165) is 5.69 Å². The number of carboxylic acids is 1. The van der Waals surface area contributed by atoms with Crippen molar-refractivity contribution in [3.63, 3.8) is 0 Å². The lowest BCUT2D eigenvalue weighted by atomic mass is 10.3. The Bertz CT molecular complexity index is 659. The van der Waals surface area contributed by atoms with E-state index in [1.165, 1.54) is 0 Å². The number of hydrogen-bond donors (Lipinski definition) is 4. The van der Waals surface area contributed by atoms with Crippen LogP contribution in [0.5, 0.6) is 0 Å². The first kappa shape index (κ1) is 14.6. The van der Waals surface area contributed by atoms with Crippen LogP contribution >= 0.6 is 0 Å². The summed E-state index contributed by atoms with van der Waals surface area (Å²) >= 11 is 0. The summed E-state index contributed by atoms with van der Waals surface area (Å²) in [6.45, 7) is 2.15. The molecule has 0 saturated heterocycles. The van der Waals surface area contributed by atoms with Crippen LogP contribution < -0.4 is 10.6 Å². The van der Waals surface area contributed by atoms with Crippen LogP contribution in [0, 0.1) is 6.92 Å². The van der Waals surface area contributed by atoms with Crippen LogP contribution in [0.1, 0.15) is 21.9 Å². The highest BCUT2D eigenvalue weighted by Crippen LogP contribution is 2.16. The maximum absolute atomic E-state index is 11.8. The summed E-state index contributed by atoms with van der Waals surface area (Å²) in [5.41, 5.74) is 1.88. The zero-order valence-electron chi connectivity index (χ0n) is 11.8. The SMILES string of the molecule is Cc1cc(NC(=O)NCCc2ccnn2C)c(C(=O)O)[nH]1. The van der Waals surface area contributed by atoms with Gasteiger partial charge in [-0.25, -0.2) is 9.59 Å². The fourth-order valence-electron chi connectivity index (χ4n) is 1.97. The van der Waals surface area contributed by atoms with Gasteiger partial charge in [0.15, 0.2) is 0 Å². The van der Waals surface area contributed by atoms with Crippen molar-refractivity contribution in [1.29, 1.82) is 0 Å². The van der Waals surface area contributed by atoms with E-state index in [2.05, 4.69) is 20.7 Å². The maximum atomic E-state index is 11.8. The number of nitrogens with zero attached hydrogens (tertiary/aromatic N) is 2. The van der Waals surface area contributed by atoms with Crippen molar-refractivity contribution in [2.75, 3.05) is 11.9 Å². The number of aromatic nitrogens is 3. The number of anilines is 1. The third-order valence-electron chi connectivity index (χ3n) is 3.00. The standard InChI is InChI=1S/C13H17N5O3/c1-8-7-10(11(16-8)12(19)20)17-13(21)14-5-3-9-4-6-15-18(9)2/h4,6-7,16H,3,5H2,1-2H3,(H,19,20)(H2,14,17,21). The molecule has 0 atom stereocenters. The smallest absolute Gasteiger partial charge is 0.354 e. The molecule has 0 radical (unpaired) electrons. The molecule has 0 aliphatic heterocycles. The fraction of sp³-hybridized carbons (Fsp3) is 0.308. The van der Waals surface area contributed by atoms with Crippen LogP contribution in [0.15, 0.2) is 18.3 Å². The number of carbonyl (C=O) groups is 2. The number of H-pyrrole nitrogens is 1. The van der Waals surface area contributed by atoms with Crippen LogP contribution in [0.2, 0.25) is 0 Å². The number of rotatable bonds is 5. The zero-order chi connectivity index (χ0) is 15.4. The number of aryl methyl sites for hydroxylation is 2. The molecule has 112 valence electrons. The zero-order valence-corrected chi connectivity index (χ0v) is 11.8. The van der Waals surface area contributed by atoms with E-state index in [4.69, 9.17) is 5.11 Å². The van der Waals surface area contributed by atoms with Gasteiger partial charge < -0.3 is 20.7 Å². The molecule has 2 amide bonds. The van der Waals surface area contributed by atoms with E-state index in [9.17, 15) is 9.59 Å². The minimum Gasteiger partial charge on any atom is -0.477 e. The Hall–Kier alpha value is -2.77. The van der Waals surface area contributed by atoms with Gasteiger partial charge in [0.2, 0.25) is 0 Å². The van der Waals surface area contributed by atoms with Crippen molar-refractivity contribution >= 4 is 17.7 Å². The molecule has 0 saturated carbocycles. The van der Waals surface area contributed by atoms with Gasteiger partial charge in [0, 0.05) is 37.6 Å². The molecule has 2 aromatic heterocycles. The average Bonchev–Trinajstić information content (AvgIpc) is 2.96. The summed E-state index contributed by atoms with van der Waals surface area (Å²) in [5.74, 6) is -1.12. The lowest BCUT2D eigenvalue weighted by Gasteiger charge is -2.07. The normalized spacial score (nSPS) is 10.4. The molecule has 2 aromatic rings. The van der Waals surface area contributed by atoms with Crippen LogP contribution in [0.4, 0.5) is 10.5 Å². The number of aromatic amines is 1. The Morgan fingerprint density at radius 3 is 2.86 bits per heavy atom. The van der Waals surface area contributed by atoms with Crippen molar-refractivity contribution in [1.82, 2.24) is 20.1 Å². The van der Waals surface area contributed by atoms with E-state index in [0.29, 0.717) is 18.7 Å². The van der Waals surface area contributed by atoms with E-state index < -0.39 is 12.0 Å². The molecule has 0 spiro atoms. The van der Waals surface area contributed by atoms with E-state index in [1.807, 2.05) is 13.1 Å². The lowest BCUT2D eigenvalue weighted by Crippen LogP contribution is -2.31. The number of carbonyl (C=O) groups excluding carboxylic acids is 1. The summed E-state index contributed by atoms with van der Waals surface area (Å²) in [6.07, 6.45) is 2.33. The molecule has 4 N–H and O–H groups in total. The highest BCUT2D eigenvalue weighted by molar-refractivity contribution is 5.99. The molecule has 2 rings (SSSR count). The third kappa shape index (κ3) is 3.62. The average molecular weight is 291 g/mol. The van der Waals surface area contributed by atoms with Gasteiger partial charge in [0.05, 0.1) is 5.69 Å². The van der Waals surface area contributed by atoms with Crippen molar-refractivity contribution < 1.29 is 14.7 Å². The number of aromatic carboxylic acids is 1. The molecular formula is C13H17N5O3. The molecule has 0 fully saturated rings. The van der Waals surface area contributed by atoms with E-state index in [1.54, 1.807) is 23.9 Å². The third-order valence-corrected chi connectivity index (χ3v) is 3.00. The summed E-state index contributed by atoms with van der Waals surface area (Å²) in [6, 6.07) is 3.00. The minimum absolute atomic E-state index is 0.0331. The van der Waals surface area contributed by atoms with Crippen LogP contribution in [-0.2, 0) is 13.5 Å². The largest absolute Gasteiger partial charge is 0.477 e. The second-order valence-corrected chi connectivity index (χ2v) is 4.62. The molecule has 0 unspecified atom stereocenters. The van der Waals surface area contributed by atoms with Crippen molar-refractivity contribution in [2.45, 2.75) is 13.3 Å². The van der Waals surface area contributed by atoms with Crippen molar-refractivity contribution in [2.24, 2.45) is 7.05 Å². The molecule has 0 aromatic carbocycles. The Labute approximate surface area is 121 Å². The van der Waals surface area contributed by atoms with Crippen LogP contribution in [-0.4, -0.2) is 38.4 Å². The predicted molar refractivity (Wildman–Crippen MR) is 76.4 cm³/mol. The number of amides is 2. The number of hydrogen-bond acceptors (Lipinski definition) is 3. The summed E-state index contributed by atoms with van der Waals surface area (Å²) < 4.78 is 1.73. The van der Waals surface area contributed by atoms with E-state index in [-0.39, 0.29) is 11.4 Å². The summed E-state index contributed by atoms with van der Waals surface area (Å²) in [7, 11) is 1.83. The number of urea groups is 1. The van der Waals surface area contributed by atoms with Crippen LogP contribution in [0.3, 0.4) is 0 Å². The quantitative estimate of drug-likeness (QED) is 0.661. The molecule has 8 nitrogen and oxygen atoms in total. The first-order valence-electron chi connectivity index (χ1n) is 6.42. The first-order valence-corrected chi connectivity index (χ1v) is 6.42. The summed E-state index contributed by atoms with van der Waals surface area (Å²) in [4.78, 5) is 25.5. The van der Waals surface area contributed by atoms with Crippen molar-refractivity contribution in [3.05, 3.63) is 35.4 Å². The first-order chi connectivity index (χ1) is 9.97. The molecule has 0 bridgehead atoms. The Morgan fingerprint density at radius 1 is 1.48 bits per heavy atom. The second-order valence-electron chi connectivity index (χ2n) is 4.62.